The lowest BCUT2D eigenvalue weighted by molar-refractivity contribution is 0.111. The number of hydrogen-bond donors (Lipinski definition) is 0. The minimum atomic E-state index is 0.371. The van der Waals surface area contributed by atoms with E-state index in [1.165, 1.54) is 0 Å². The molecule has 0 saturated carbocycles. The van der Waals surface area contributed by atoms with E-state index < -0.39 is 0 Å². The van der Waals surface area contributed by atoms with Gasteiger partial charge in [-0.05, 0) is 20.8 Å². The van der Waals surface area contributed by atoms with Gasteiger partial charge >= 0.3 is 0 Å². The number of imidazole rings is 1. The second-order valence-electron chi connectivity index (χ2n) is 2.83. The normalized spacial score (nSPS) is 10.5. The van der Waals surface area contributed by atoms with Crippen LogP contribution < -0.4 is 0 Å². The molecule has 0 spiro atoms. The van der Waals surface area contributed by atoms with Gasteiger partial charge in [-0.15, -0.1) is 0 Å². The molecule has 0 aliphatic carbocycles. The maximum absolute atomic E-state index is 10.4. The van der Waals surface area contributed by atoms with Crippen LogP contribution in [0.2, 0.25) is 0 Å². The van der Waals surface area contributed by atoms with Gasteiger partial charge in [0.25, 0.3) is 0 Å². The van der Waals surface area contributed by atoms with Gasteiger partial charge in [-0.25, -0.2) is 4.98 Å². The van der Waals surface area contributed by atoms with Gasteiger partial charge in [0.2, 0.25) is 0 Å². The Kier molecular flexibility index (Phi) is 2.08. The Labute approximate surface area is 66.1 Å². The molecule has 0 amide bonds. The van der Waals surface area contributed by atoms with Gasteiger partial charge in [-0.2, -0.15) is 0 Å². The number of aromatic nitrogens is 2. The summed E-state index contributed by atoms with van der Waals surface area (Å²) in [6, 6.07) is 0.371. The van der Waals surface area contributed by atoms with E-state index in [-0.39, 0.29) is 0 Å². The van der Waals surface area contributed by atoms with Gasteiger partial charge in [0.1, 0.15) is 5.69 Å². The molecule has 0 aromatic carbocycles. The lowest BCUT2D eigenvalue weighted by Crippen LogP contribution is -2.01. The first-order chi connectivity index (χ1) is 5.16. The molecule has 1 heterocycles. The zero-order chi connectivity index (χ0) is 8.43. The van der Waals surface area contributed by atoms with Crippen molar-refractivity contribution in [3.8, 4) is 0 Å². The summed E-state index contributed by atoms with van der Waals surface area (Å²) in [4.78, 5) is 14.3. The van der Waals surface area contributed by atoms with Crippen molar-refractivity contribution in [1.29, 1.82) is 0 Å². The maximum Gasteiger partial charge on any atom is 0.170 e. The number of aldehydes is 1. The van der Waals surface area contributed by atoms with Gasteiger partial charge in [-0.1, -0.05) is 0 Å². The smallest absolute Gasteiger partial charge is 0.170 e. The van der Waals surface area contributed by atoms with E-state index in [0.717, 1.165) is 12.0 Å². The fraction of sp³-hybridized carbons (Fsp3) is 0.500. The van der Waals surface area contributed by atoms with E-state index in [0.29, 0.717) is 11.7 Å². The zero-order valence-electron chi connectivity index (χ0n) is 7.03. The first-order valence-electron chi connectivity index (χ1n) is 3.65. The highest BCUT2D eigenvalue weighted by Gasteiger charge is 2.06. The van der Waals surface area contributed by atoms with Crippen LogP contribution in [0.15, 0.2) is 6.33 Å². The minimum absolute atomic E-state index is 0.371. The summed E-state index contributed by atoms with van der Waals surface area (Å²) in [7, 11) is 0. The fourth-order valence-corrected chi connectivity index (χ4v) is 1.07. The van der Waals surface area contributed by atoms with Crippen LogP contribution >= 0.6 is 0 Å². The van der Waals surface area contributed by atoms with Crippen molar-refractivity contribution in [2.24, 2.45) is 0 Å². The fourth-order valence-electron chi connectivity index (χ4n) is 1.07. The highest BCUT2D eigenvalue weighted by Crippen LogP contribution is 2.10. The molecule has 0 saturated heterocycles. The lowest BCUT2D eigenvalue weighted by atomic mass is 10.3. The molecule has 0 N–H and O–H groups in total. The van der Waals surface area contributed by atoms with E-state index in [4.69, 9.17) is 0 Å². The molecule has 11 heavy (non-hydrogen) atoms. The van der Waals surface area contributed by atoms with Crippen molar-refractivity contribution in [2.45, 2.75) is 26.8 Å². The van der Waals surface area contributed by atoms with Gasteiger partial charge in [0.05, 0.1) is 6.33 Å². The summed E-state index contributed by atoms with van der Waals surface area (Å²) in [5, 5.41) is 0. The van der Waals surface area contributed by atoms with Crippen molar-refractivity contribution in [3.05, 3.63) is 17.7 Å². The van der Waals surface area contributed by atoms with Crippen LogP contribution in [0.3, 0.4) is 0 Å². The van der Waals surface area contributed by atoms with Crippen molar-refractivity contribution >= 4 is 6.29 Å². The van der Waals surface area contributed by atoms with Crippen LogP contribution in [-0.2, 0) is 0 Å². The summed E-state index contributed by atoms with van der Waals surface area (Å²) >= 11 is 0. The van der Waals surface area contributed by atoms with Crippen molar-refractivity contribution in [1.82, 2.24) is 9.55 Å². The molecule has 1 aromatic rings. The predicted molar refractivity (Wildman–Crippen MR) is 42.7 cm³/mol. The molecule has 60 valence electrons. The number of carbonyl (C=O) groups excluding carboxylic acids is 1. The van der Waals surface area contributed by atoms with E-state index in [1.54, 1.807) is 6.33 Å². The Bertz CT molecular complexity index is 263. The summed E-state index contributed by atoms with van der Waals surface area (Å²) in [6.45, 7) is 6.02. The molecule has 0 radical (unpaired) electrons. The molecule has 0 atom stereocenters. The van der Waals surface area contributed by atoms with Crippen LogP contribution in [-0.4, -0.2) is 15.8 Å². The SMILES string of the molecule is Cc1c(C=O)ncn1C(C)C. The first-order valence-corrected chi connectivity index (χ1v) is 3.65. The van der Waals surface area contributed by atoms with Crippen molar-refractivity contribution in [3.63, 3.8) is 0 Å². The Morgan fingerprint density at radius 3 is 2.55 bits per heavy atom. The highest BCUT2D eigenvalue weighted by atomic mass is 16.1. The predicted octanol–water partition coefficient (Wildman–Crippen LogP) is 1.58. The summed E-state index contributed by atoms with van der Waals surface area (Å²) < 4.78 is 1.98. The molecule has 0 fully saturated rings. The van der Waals surface area contributed by atoms with E-state index in [2.05, 4.69) is 18.8 Å². The molecule has 1 rings (SSSR count). The third-order valence-corrected chi connectivity index (χ3v) is 1.75. The minimum Gasteiger partial charge on any atom is -0.332 e. The largest absolute Gasteiger partial charge is 0.332 e. The maximum atomic E-state index is 10.4. The standard InChI is InChI=1S/C8H12N2O/c1-6(2)10-5-9-8(4-11)7(10)3/h4-6H,1-3H3. The number of rotatable bonds is 2. The van der Waals surface area contributed by atoms with Crippen LogP contribution in [0, 0.1) is 6.92 Å². The van der Waals surface area contributed by atoms with Crippen molar-refractivity contribution in [2.75, 3.05) is 0 Å². The molecule has 3 nitrogen and oxygen atoms in total. The molecular weight excluding hydrogens is 140 g/mol. The lowest BCUT2D eigenvalue weighted by Gasteiger charge is -2.07. The average molecular weight is 152 g/mol. The van der Waals surface area contributed by atoms with Crippen LogP contribution in [0.1, 0.15) is 36.1 Å². The average Bonchev–Trinajstić information content (AvgIpc) is 2.30. The first kappa shape index (κ1) is 7.98. The molecule has 0 unspecified atom stereocenters. The van der Waals surface area contributed by atoms with Gasteiger partial charge in [0, 0.05) is 11.7 Å². The summed E-state index contributed by atoms with van der Waals surface area (Å²) in [5.74, 6) is 0. The molecular formula is C8H12N2O. The highest BCUT2D eigenvalue weighted by molar-refractivity contribution is 5.73. The Morgan fingerprint density at radius 1 is 1.64 bits per heavy atom. The third kappa shape index (κ3) is 1.31. The third-order valence-electron chi connectivity index (χ3n) is 1.75. The quantitative estimate of drug-likeness (QED) is 0.603. The monoisotopic (exact) mass is 152 g/mol. The topological polar surface area (TPSA) is 34.9 Å². The Morgan fingerprint density at radius 2 is 2.27 bits per heavy atom. The van der Waals surface area contributed by atoms with Gasteiger partial charge in [-0.3, -0.25) is 4.79 Å². The van der Waals surface area contributed by atoms with Gasteiger partial charge in [0.15, 0.2) is 6.29 Å². The van der Waals surface area contributed by atoms with Crippen LogP contribution in [0.5, 0.6) is 0 Å². The van der Waals surface area contributed by atoms with E-state index in [9.17, 15) is 4.79 Å². The van der Waals surface area contributed by atoms with Gasteiger partial charge < -0.3 is 4.57 Å². The molecule has 1 aromatic heterocycles. The Balaban J connectivity index is 3.10. The zero-order valence-corrected chi connectivity index (χ0v) is 7.03. The number of carbonyl (C=O) groups is 1. The number of hydrogen-bond acceptors (Lipinski definition) is 2. The van der Waals surface area contributed by atoms with E-state index in [1.807, 2.05) is 11.5 Å². The number of nitrogens with zero attached hydrogens (tertiary/aromatic N) is 2. The van der Waals surface area contributed by atoms with Crippen LogP contribution in [0.25, 0.3) is 0 Å². The summed E-state index contributed by atoms with van der Waals surface area (Å²) in [5.41, 5.74) is 1.48. The summed E-state index contributed by atoms with van der Waals surface area (Å²) in [6.07, 6.45) is 2.48. The Hall–Kier alpha value is -1.12. The molecule has 0 aliphatic rings. The van der Waals surface area contributed by atoms with E-state index >= 15 is 0 Å². The second kappa shape index (κ2) is 2.86. The second-order valence-corrected chi connectivity index (χ2v) is 2.83. The molecule has 0 aliphatic heterocycles. The molecule has 3 heteroatoms. The molecule has 0 bridgehead atoms. The van der Waals surface area contributed by atoms with Crippen molar-refractivity contribution < 1.29 is 4.79 Å². The van der Waals surface area contributed by atoms with Crippen LogP contribution in [0.4, 0.5) is 0 Å².